The van der Waals surface area contributed by atoms with Crippen molar-refractivity contribution < 1.29 is 18.8 Å². The zero-order chi connectivity index (χ0) is 17.3. The lowest BCUT2D eigenvalue weighted by atomic mass is 9.79. The first-order chi connectivity index (χ1) is 10.7. The second-order valence-electron chi connectivity index (χ2n) is 6.74. The monoisotopic (exact) mass is 320 g/mol. The number of pyridine rings is 1. The first-order valence-corrected chi connectivity index (χ1v) is 7.77. The maximum absolute atomic E-state index is 12.3. The Kier molecular flexibility index (Phi) is 5.13. The molecule has 1 saturated heterocycles. The van der Waals surface area contributed by atoms with Crippen molar-refractivity contribution in [2.75, 3.05) is 20.3 Å². The van der Waals surface area contributed by atoms with Gasteiger partial charge in [-0.2, -0.15) is 0 Å². The van der Waals surface area contributed by atoms with Crippen LogP contribution in [0.15, 0.2) is 12.3 Å². The van der Waals surface area contributed by atoms with E-state index < -0.39 is 18.3 Å². The second kappa shape index (κ2) is 6.59. The Bertz CT molecular complexity index is 573. The summed E-state index contributed by atoms with van der Waals surface area (Å²) in [6.07, 6.45) is 1.70. The largest absolute Gasteiger partial charge is 0.496 e. The molecule has 1 aliphatic heterocycles. The number of aromatic nitrogens is 1. The Morgan fingerprint density at radius 3 is 2.48 bits per heavy atom. The Labute approximate surface area is 138 Å². The third kappa shape index (κ3) is 3.73. The van der Waals surface area contributed by atoms with E-state index in [-0.39, 0.29) is 5.91 Å². The molecule has 1 aromatic rings. The molecule has 0 unspecified atom stereocenters. The number of rotatable bonds is 5. The number of carbonyl (C=O) groups is 1. The number of aryl methyl sites for hydroxylation is 1. The number of methoxy groups -OCH3 is 1. The van der Waals surface area contributed by atoms with E-state index in [1.165, 1.54) is 0 Å². The van der Waals surface area contributed by atoms with Crippen LogP contribution in [0.2, 0.25) is 0 Å². The van der Waals surface area contributed by atoms with Crippen LogP contribution in [0.25, 0.3) is 0 Å². The highest BCUT2D eigenvalue weighted by Gasteiger charge is 2.51. The molecule has 7 heteroatoms. The van der Waals surface area contributed by atoms with Crippen LogP contribution < -0.4 is 10.8 Å². The van der Waals surface area contributed by atoms with Crippen LogP contribution in [0.1, 0.15) is 43.7 Å². The Morgan fingerprint density at radius 1 is 1.30 bits per heavy atom. The first kappa shape index (κ1) is 17.9. The van der Waals surface area contributed by atoms with E-state index in [0.717, 1.165) is 5.46 Å². The average Bonchev–Trinajstić information content (AvgIpc) is 2.68. The fraction of sp³-hybridized carbons (Fsp3) is 0.625. The molecule has 126 valence electrons. The summed E-state index contributed by atoms with van der Waals surface area (Å²) < 4.78 is 17.0. The summed E-state index contributed by atoms with van der Waals surface area (Å²) in [7, 11) is 1.07. The molecular weight excluding hydrogens is 295 g/mol. The smallest absolute Gasteiger partial charge is 0.399 e. The maximum Gasteiger partial charge on any atom is 0.496 e. The van der Waals surface area contributed by atoms with Crippen LogP contribution in [0.3, 0.4) is 0 Å². The predicted molar refractivity (Wildman–Crippen MR) is 88.9 cm³/mol. The number of ether oxygens (including phenoxy) is 1. The highest BCUT2D eigenvalue weighted by atomic mass is 16.7. The predicted octanol–water partition coefficient (Wildman–Crippen LogP) is 1.07. The van der Waals surface area contributed by atoms with Crippen molar-refractivity contribution in [2.24, 2.45) is 0 Å². The van der Waals surface area contributed by atoms with Gasteiger partial charge >= 0.3 is 7.12 Å². The van der Waals surface area contributed by atoms with Gasteiger partial charge in [-0.3, -0.25) is 9.78 Å². The Hall–Kier alpha value is -1.44. The molecule has 1 fully saturated rings. The number of carbonyl (C=O) groups excluding carboxylic acids is 1. The van der Waals surface area contributed by atoms with Gasteiger partial charge in [0.2, 0.25) is 0 Å². The number of amides is 1. The molecule has 0 spiro atoms. The molecule has 0 bridgehead atoms. The third-order valence-electron chi connectivity index (χ3n) is 4.47. The minimum Gasteiger partial charge on any atom is -0.399 e. The van der Waals surface area contributed by atoms with Crippen molar-refractivity contribution in [3.63, 3.8) is 0 Å². The number of hydrogen-bond acceptors (Lipinski definition) is 5. The van der Waals surface area contributed by atoms with Crippen molar-refractivity contribution in [1.29, 1.82) is 0 Å². The molecule has 0 aromatic carbocycles. The summed E-state index contributed by atoms with van der Waals surface area (Å²) in [5.41, 5.74) is 1.08. The maximum atomic E-state index is 12.3. The number of nitrogens with zero attached hydrogens (tertiary/aromatic N) is 1. The van der Waals surface area contributed by atoms with Crippen molar-refractivity contribution in [1.82, 2.24) is 10.3 Å². The highest BCUT2D eigenvalue weighted by Crippen LogP contribution is 2.36. The lowest BCUT2D eigenvalue weighted by Gasteiger charge is -2.32. The fourth-order valence-corrected chi connectivity index (χ4v) is 2.25. The van der Waals surface area contributed by atoms with Gasteiger partial charge in [0.25, 0.3) is 5.91 Å². The molecule has 0 radical (unpaired) electrons. The molecule has 0 saturated carbocycles. The number of hydrogen-bond donors (Lipinski definition) is 1. The van der Waals surface area contributed by atoms with Crippen LogP contribution >= 0.6 is 0 Å². The molecule has 1 amide bonds. The van der Waals surface area contributed by atoms with Crippen LogP contribution in [-0.2, 0) is 14.0 Å². The summed E-state index contributed by atoms with van der Waals surface area (Å²) >= 11 is 0. The summed E-state index contributed by atoms with van der Waals surface area (Å²) in [6, 6.07) is 1.78. The second-order valence-corrected chi connectivity index (χ2v) is 6.74. The van der Waals surface area contributed by atoms with Crippen LogP contribution in [0.5, 0.6) is 0 Å². The molecule has 1 aromatic heterocycles. The van der Waals surface area contributed by atoms with E-state index in [1.54, 1.807) is 26.3 Å². The molecule has 6 nitrogen and oxygen atoms in total. The SMILES string of the molecule is COCCNC(=O)c1cc(B2OC(C)(C)C(C)(C)O2)cnc1C. The zero-order valence-electron chi connectivity index (χ0n) is 14.7. The van der Waals surface area contributed by atoms with Gasteiger partial charge in [-0.25, -0.2) is 0 Å². The summed E-state index contributed by atoms with van der Waals surface area (Å²) in [6.45, 7) is 10.7. The lowest BCUT2D eigenvalue weighted by Crippen LogP contribution is -2.41. The summed E-state index contributed by atoms with van der Waals surface area (Å²) in [5, 5.41) is 2.81. The van der Waals surface area contributed by atoms with Crippen molar-refractivity contribution in [3.05, 3.63) is 23.5 Å². The van der Waals surface area contributed by atoms with Crippen molar-refractivity contribution in [3.8, 4) is 0 Å². The lowest BCUT2D eigenvalue weighted by molar-refractivity contribution is 0.00578. The van der Waals surface area contributed by atoms with Gasteiger partial charge in [0.05, 0.1) is 23.4 Å². The first-order valence-electron chi connectivity index (χ1n) is 7.77. The quantitative estimate of drug-likeness (QED) is 0.649. The topological polar surface area (TPSA) is 69.7 Å². The minimum atomic E-state index is -0.529. The summed E-state index contributed by atoms with van der Waals surface area (Å²) in [5.74, 6) is -0.176. The van der Waals surface area contributed by atoms with Gasteiger partial charge in [-0.1, -0.05) is 0 Å². The van der Waals surface area contributed by atoms with Crippen LogP contribution in [-0.4, -0.2) is 49.5 Å². The number of nitrogens with one attached hydrogen (secondary N) is 1. The van der Waals surface area contributed by atoms with Crippen LogP contribution in [0, 0.1) is 6.92 Å². The third-order valence-corrected chi connectivity index (χ3v) is 4.47. The van der Waals surface area contributed by atoms with Crippen LogP contribution in [0.4, 0.5) is 0 Å². The van der Waals surface area contributed by atoms with E-state index in [4.69, 9.17) is 14.0 Å². The zero-order valence-corrected chi connectivity index (χ0v) is 14.7. The van der Waals surface area contributed by atoms with Gasteiger partial charge in [0.1, 0.15) is 0 Å². The van der Waals surface area contributed by atoms with Gasteiger partial charge in [-0.15, -0.1) is 0 Å². The van der Waals surface area contributed by atoms with E-state index in [0.29, 0.717) is 24.4 Å². The van der Waals surface area contributed by atoms with Gasteiger partial charge in [-0.05, 0) is 40.7 Å². The normalized spacial score (nSPS) is 19.0. The summed E-state index contributed by atoms with van der Waals surface area (Å²) in [4.78, 5) is 16.6. The Morgan fingerprint density at radius 2 is 1.91 bits per heavy atom. The molecule has 23 heavy (non-hydrogen) atoms. The van der Waals surface area contributed by atoms with Gasteiger partial charge in [0, 0.05) is 31.0 Å². The molecule has 0 aliphatic carbocycles. The standard InChI is InChI=1S/C16H25BN2O4/c1-11-13(14(20)18-7-8-21-6)9-12(10-19-11)17-22-15(2,3)16(4,5)23-17/h9-10H,7-8H2,1-6H3,(H,18,20). The molecule has 1 N–H and O–H groups in total. The molecular formula is C16H25BN2O4. The van der Waals surface area contributed by atoms with Crippen molar-refractivity contribution >= 4 is 18.5 Å². The minimum absolute atomic E-state index is 0.176. The van der Waals surface area contributed by atoms with Gasteiger partial charge < -0.3 is 19.4 Å². The molecule has 2 rings (SSSR count). The molecule has 1 aliphatic rings. The van der Waals surface area contributed by atoms with E-state index in [2.05, 4.69) is 10.3 Å². The average molecular weight is 320 g/mol. The highest BCUT2D eigenvalue weighted by molar-refractivity contribution is 6.62. The molecule has 2 heterocycles. The fourth-order valence-electron chi connectivity index (χ4n) is 2.25. The van der Waals surface area contributed by atoms with E-state index in [1.807, 2.05) is 27.7 Å². The molecule has 0 atom stereocenters. The van der Waals surface area contributed by atoms with E-state index in [9.17, 15) is 4.79 Å². The Balaban J connectivity index is 2.19. The van der Waals surface area contributed by atoms with E-state index >= 15 is 0 Å². The van der Waals surface area contributed by atoms with Gasteiger partial charge in [0.15, 0.2) is 0 Å². The van der Waals surface area contributed by atoms with Crippen molar-refractivity contribution in [2.45, 2.75) is 45.8 Å².